The predicted molar refractivity (Wildman–Crippen MR) is 41.2 cm³/mol. The quantitative estimate of drug-likeness (QED) is 0.363. The largest absolute Gasteiger partial charge is 0.301 e. The Balaban J connectivity index is 2.18. The van der Waals surface area contributed by atoms with Crippen molar-refractivity contribution in [3.8, 4) is 0 Å². The van der Waals surface area contributed by atoms with Crippen molar-refractivity contribution in [1.82, 2.24) is 10.6 Å². The van der Waals surface area contributed by atoms with E-state index in [1.807, 2.05) is 0 Å². The van der Waals surface area contributed by atoms with Gasteiger partial charge < -0.3 is 5.32 Å². The van der Waals surface area contributed by atoms with Crippen molar-refractivity contribution in [3.05, 3.63) is 7.05 Å². The van der Waals surface area contributed by atoms with Gasteiger partial charge in [0, 0.05) is 18.8 Å². The van der Waals surface area contributed by atoms with Gasteiger partial charge in [-0.15, -0.1) is 0 Å². The van der Waals surface area contributed by atoms with Crippen LogP contribution in [-0.2, 0) is 0 Å². The highest BCUT2D eigenvalue weighted by molar-refractivity contribution is 7.81. The van der Waals surface area contributed by atoms with Crippen molar-refractivity contribution in [1.29, 1.82) is 0 Å². The third kappa shape index (κ3) is 2.16. The van der Waals surface area contributed by atoms with E-state index in [4.69, 9.17) is 7.05 Å². The maximum Gasteiger partial charge on any atom is 0.0575 e. The molecule has 3 heteroatoms. The summed E-state index contributed by atoms with van der Waals surface area (Å²) in [7, 11) is 5.21. The van der Waals surface area contributed by atoms with Gasteiger partial charge in [0.25, 0.3) is 0 Å². The van der Waals surface area contributed by atoms with Crippen LogP contribution in [0.2, 0.25) is 0 Å². The molecule has 2 nitrogen and oxygen atoms in total. The molecule has 1 aliphatic heterocycles. The van der Waals surface area contributed by atoms with Gasteiger partial charge in [0.05, 0.1) is 6.17 Å². The SMILES string of the molecule is [CH]NC1CCC(S)CN1. The molecule has 2 N–H and O–H groups in total. The van der Waals surface area contributed by atoms with E-state index in [1.165, 1.54) is 0 Å². The fourth-order valence-electron chi connectivity index (χ4n) is 0.984. The number of thiol groups is 1. The van der Waals surface area contributed by atoms with E-state index in [0.717, 1.165) is 19.4 Å². The number of piperidine rings is 1. The summed E-state index contributed by atoms with van der Waals surface area (Å²) < 4.78 is 0. The molecule has 0 aromatic heterocycles. The van der Waals surface area contributed by atoms with Crippen LogP contribution in [0, 0.1) is 7.05 Å². The van der Waals surface area contributed by atoms with Crippen molar-refractivity contribution in [2.45, 2.75) is 24.3 Å². The first-order chi connectivity index (χ1) is 4.33. The molecule has 1 saturated heterocycles. The highest BCUT2D eigenvalue weighted by Gasteiger charge is 2.15. The van der Waals surface area contributed by atoms with E-state index in [9.17, 15) is 0 Å². The van der Waals surface area contributed by atoms with Gasteiger partial charge in [-0.2, -0.15) is 12.6 Å². The van der Waals surface area contributed by atoms with Gasteiger partial charge in [0.2, 0.25) is 0 Å². The number of rotatable bonds is 1. The van der Waals surface area contributed by atoms with E-state index >= 15 is 0 Å². The monoisotopic (exact) mass is 144 g/mol. The molecule has 1 fully saturated rings. The summed E-state index contributed by atoms with van der Waals surface area (Å²) in [6, 6.07) is 0. The summed E-state index contributed by atoms with van der Waals surface area (Å²) in [5.74, 6) is 0. The van der Waals surface area contributed by atoms with Crippen molar-refractivity contribution in [2.24, 2.45) is 0 Å². The zero-order valence-electron chi connectivity index (χ0n) is 5.30. The highest BCUT2D eigenvalue weighted by Crippen LogP contribution is 2.10. The number of hydrogen-bond acceptors (Lipinski definition) is 3. The Bertz CT molecular complexity index is 79.1. The molecular formula is C6H12N2S. The molecule has 2 radical (unpaired) electrons. The van der Waals surface area contributed by atoms with Gasteiger partial charge in [-0.25, -0.2) is 0 Å². The first kappa shape index (κ1) is 7.38. The van der Waals surface area contributed by atoms with Crippen molar-refractivity contribution >= 4 is 12.6 Å². The lowest BCUT2D eigenvalue weighted by Gasteiger charge is -2.26. The maximum atomic E-state index is 5.21. The first-order valence-electron chi connectivity index (χ1n) is 3.20. The van der Waals surface area contributed by atoms with E-state index in [2.05, 4.69) is 23.3 Å². The Hall–Kier alpha value is 0.270. The third-order valence-electron chi connectivity index (χ3n) is 1.59. The van der Waals surface area contributed by atoms with Crippen LogP contribution in [0.15, 0.2) is 0 Å². The summed E-state index contributed by atoms with van der Waals surface area (Å²) in [4.78, 5) is 0. The van der Waals surface area contributed by atoms with Crippen LogP contribution in [0.1, 0.15) is 12.8 Å². The minimum atomic E-state index is 0.299. The summed E-state index contributed by atoms with van der Waals surface area (Å²) in [5, 5.41) is 6.39. The highest BCUT2D eigenvalue weighted by atomic mass is 32.1. The molecule has 2 atom stereocenters. The smallest absolute Gasteiger partial charge is 0.0575 e. The molecule has 0 bridgehead atoms. The van der Waals surface area contributed by atoms with E-state index in [0.29, 0.717) is 11.4 Å². The normalized spacial score (nSPS) is 36.7. The average Bonchev–Trinajstić information content (AvgIpc) is 1.90. The molecule has 0 saturated carbocycles. The van der Waals surface area contributed by atoms with E-state index < -0.39 is 0 Å². The van der Waals surface area contributed by atoms with Gasteiger partial charge in [0.15, 0.2) is 0 Å². The lowest BCUT2D eigenvalue weighted by Crippen LogP contribution is -2.46. The second kappa shape index (κ2) is 3.44. The average molecular weight is 144 g/mol. The Labute approximate surface area is 61.8 Å². The Morgan fingerprint density at radius 3 is 2.78 bits per heavy atom. The molecule has 9 heavy (non-hydrogen) atoms. The van der Waals surface area contributed by atoms with Gasteiger partial charge in [0.1, 0.15) is 0 Å². The first-order valence-corrected chi connectivity index (χ1v) is 3.72. The van der Waals surface area contributed by atoms with Gasteiger partial charge in [-0.3, -0.25) is 5.32 Å². The fourth-order valence-corrected chi connectivity index (χ4v) is 1.24. The molecule has 1 aliphatic rings. The summed E-state index contributed by atoms with van der Waals surface area (Å²) >= 11 is 4.31. The summed E-state index contributed by atoms with van der Waals surface area (Å²) in [6.07, 6.45) is 2.52. The minimum absolute atomic E-state index is 0.299. The number of hydrogen-bond donors (Lipinski definition) is 3. The predicted octanol–water partition coefficient (Wildman–Crippen LogP) is 0.252. The maximum absolute atomic E-state index is 5.21. The Morgan fingerprint density at radius 1 is 1.56 bits per heavy atom. The van der Waals surface area contributed by atoms with Crippen LogP contribution in [0.5, 0.6) is 0 Å². The third-order valence-corrected chi connectivity index (χ3v) is 2.03. The standard InChI is InChI=1S/C6H12N2S/c1-7-6-3-2-5(9)4-8-6/h1,5-9H,2-4H2. The second-order valence-corrected chi connectivity index (χ2v) is 3.09. The molecule has 0 amide bonds. The van der Waals surface area contributed by atoms with Crippen LogP contribution in [0.4, 0.5) is 0 Å². The lowest BCUT2D eigenvalue weighted by atomic mass is 10.1. The molecule has 1 heterocycles. The minimum Gasteiger partial charge on any atom is -0.301 e. The zero-order valence-corrected chi connectivity index (χ0v) is 6.20. The molecule has 1 rings (SSSR count). The molecule has 0 aromatic carbocycles. The summed E-state index contributed by atoms with van der Waals surface area (Å²) in [6.45, 7) is 0.956. The van der Waals surface area contributed by atoms with Crippen LogP contribution >= 0.6 is 12.6 Å². The van der Waals surface area contributed by atoms with E-state index in [1.54, 1.807) is 0 Å². The van der Waals surface area contributed by atoms with Gasteiger partial charge in [-0.05, 0) is 12.8 Å². The Morgan fingerprint density at radius 2 is 2.33 bits per heavy atom. The van der Waals surface area contributed by atoms with Crippen molar-refractivity contribution in [3.63, 3.8) is 0 Å². The topological polar surface area (TPSA) is 24.1 Å². The van der Waals surface area contributed by atoms with Gasteiger partial charge in [-0.1, -0.05) is 0 Å². The number of nitrogens with one attached hydrogen (secondary N) is 2. The molecule has 52 valence electrons. The second-order valence-electron chi connectivity index (χ2n) is 2.36. The van der Waals surface area contributed by atoms with Crippen LogP contribution in [-0.4, -0.2) is 18.0 Å². The van der Waals surface area contributed by atoms with Crippen LogP contribution in [0.25, 0.3) is 0 Å². The molecule has 2 unspecified atom stereocenters. The fraction of sp³-hybridized carbons (Fsp3) is 0.833. The van der Waals surface area contributed by atoms with Crippen molar-refractivity contribution in [2.75, 3.05) is 6.54 Å². The Kier molecular flexibility index (Phi) is 2.82. The summed E-state index contributed by atoms with van der Waals surface area (Å²) in [5.41, 5.74) is 0. The molecule has 0 spiro atoms. The van der Waals surface area contributed by atoms with Crippen LogP contribution in [0.3, 0.4) is 0 Å². The van der Waals surface area contributed by atoms with Gasteiger partial charge >= 0.3 is 0 Å². The van der Waals surface area contributed by atoms with E-state index in [-0.39, 0.29) is 0 Å². The lowest BCUT2D eigenvalue weighted by molar-refractivity contribution is 0.379. The molecular weight excluding hydrogens is 132 g/mol. The van der Waals surface area contributed by atoms with Crippen molar-refractivity contribution < 1.29 is 0 Å². The van der Waals surface area contributed by atoms with Crippen LogP contribution < -0.4 is 10.6 Å². The zero-order chi connectivity index (χ0) is 6.69. The molecule has 0 aliphatic carbocycles. The molecule has 0 aromatic rings.